The first-order valence-electron chi connectivity index (χ1n) is 11.5. The second-order valence-corrected chi connectivity index (χ2v) is 9.82. The lowest BCUT2D eigenvalue weighted by Crippen LogP contribution is -2.64. The molecule has 1 saturated carbocycles. The number of aliphatic hydroxyl groups is 3. The molecule has 8 N–H and O–H groups in total. The van der Waals surface area contributed by atoms with E-state index in [0.29, 0.717) is 11.3 Å². The predicted molar refractivity (Wildman–Crippen MR) is 135 cm³/mol. The molecule has 0 saturated heterocycles. The number of carbonyl (C=O) groups is 3. The first-order valence-corrected chi connectivity index (χ1v) is 12.7. The predicted octanol–water partition coefficient (Wildman–Crippen LogP) is -0.319. The Morgan fingerprint density at radius 1 is 1.16 bits per heavy atom. The van der Waals surface area contributed by atoms with Crippen LogP contribution in [0.1, 0.15) is 28.8 Å². The molecular weight excluding hydrogens is 502 g/mol. The summed E-state index contributed by atoms with van der Waals surface area (Å²) in [4.78, 5) is 38.9. The maximum atomic E-state index is 13.1. The highest BCUT2D eigenvalue weighted by atomic mass is 32.2. The summed E-state index contributed by atoms with van der Waals surface area (Å²) in [6.07, 6.45) is -2.10. The van der Waals surface area contributed by atoms with Crippen LogP contribution in [0.4, 0.5) is 0 Å². The van der Waals surface area contributed by atoms with Crippen molar-refractivity contribution in [1.82, 2.24) is 10.6 Å². The van der Waals surface area contributed by atoms with Crippen molar-refractivity contribution < 1.29 is 39.5 Å². The van der Waals surface area contributed by atoms with E-state index in [1.54, 1.807) is 30.3 Å². The van der Waals surface area contributed by atoms with Crippen LogP contribution >= 0.6 is 11.8 Å². The van der Waals surface area contributed by atoms with Crippen molar-refractivity contribution in [3.05, 3.63) is 53.6 Å². The maximum absolute atomic E-state index is 13.1. The van der Waals surface area contributed by atoms with Crippen LogP contribution in [-0.4, -0.2) is 81.4 Å². The van der Waals surface area contributed by atoms with E-state index in [2.05, 4.69) is 10.6 Å². The number of thioether (sulfide) groups is 1. The Bertz CT molecular complexity index is 1150. The van der Waals surface area contributed by atoms with Gasteiger partial charge in [-0.15, -0.1) is 11.8 Å². The van der Waals surface area contributed by atoms with Crippen LogP contribution in [0.15, 0.2) is 47.4 Å². The standard InChI is InChI=1S/C25H31N3O8S/c1-36-20-10-15(37-2)7-8-16(20)23(33)27-18-11-25(35,12-19(30)21(18)31)24(34)28-17(22(26)32)9-13-3-5-14(29)6-4-13/h3-8,10,17-19,21,29-31,35H,9,11-12H2,1-2H3,(H2,26,32)(H,27,33)(H,28,34). The highest BCUT2D eigenvalue weighted by Gasteiger charge is 2.49. The second-order valence-electron chi connectivity index (χ2n) is 8.94. The highest BCUT2D eigenvalue weighted by Crippen LogP contribution is 2.31. The Balaban J connectivity index is 1.75. The van der Waals surface area contributed by atoms with Crippen LogP contribution in [0.2, 0.25) is 0 Å². The lowest BCUT2D eigenvalue weighted by Gasteiger charge is -2.41. The highest BCUT2D eigenvalue weighted by molar-refractivity contribution is 7.98. The Labute approximate surface area is 218 Å². The molecule has 0 aromatic heterocycles. The minimum atomic E-state index is -2.22. The fourth-order valence-electron chi connectivity index (χ4n) is 4.24. The number of methoxy groups -OCH3 is 1. The van der Waals surface area contributed by atoms with Gasteiger partial charge in [-0.05, 0) is 42.2 Å². The van der Waals surface area contributed by atoms with Crippen molar-refractivity contribution in [2.45, 2.75) is 54.1 Å². The lowest BCUT2D eigenvalue weighted by molar-refractivity contribution is -0.159. The molecule has 2 aromatic carbocycles. The third kappa shape index (κ3) is 6.72. The Kier molecular flexibility index (Phi) is 9.02. The first-order chi connectivity index (χ1) is 17.5. The number of ether oxygens (including phenoxy) is 1. The summed E-state index contributed by atoms with van der Waals surface area (Å²) in [5, 5.41) is 46.5. The molecule has 0 aliphatic heterocycles. The number of phenolic OH excluding ortho intramolecular Hbond substituents is 1. The van der Waals surface area contributed by atoms with Crippen molar-refractivity contribution in [3.8, 4) is 11.5 Å². The number of primary amides is 1. The Morgan fingerprint density at radius 3 is 2.43 bits per heavy atom. The van der Waals surface area contributed by atoms with Gasteiger partial charge in [0.1, 0.15) is 29.2 Å². The van der Waals surface area contributed by atoms with Crippen LogP contribution in [0.25, 0.3) is 0 Å². The van der Waals surface area contributed by atoms with Crippen LogP contribution < -0.4 is 21.1 Å². The Morgan fingerprint density at radius 2 is 1.84 bits per heavy atom. The largest absolute Gasteiger partial charge is 0.508 e. The van der Waals surface area contributed by atoms with Gasteiger partial charge in [0.2, 0.25) is 5.91 Å². The Hall–Kier alpha value is -3.32. The minimum Gasteiger partial charge on any atom is -0.508 e. The summed E-state index contributed by atoms with van der Waals surface area (Å²) in [5.41, 5.74) is 4.00. The molecule has 12 heteroatoms. The molecule has 37 heavy (non-hydrogen) atoms. The SMILES string of the molecule is COc1cc(SC)ccc1C(=O)NC1CC(O)(C(=O)NC(Cc2ccc(O)cc2)C(N)=O)CC(O)C1O. The molecule has 5 atom stereocenters. The van der Waals surface area contributed by atoms with Crippen LogP contribution in [0.3, 0.4) is 0 Å². The number of amides is 3. The number of aliphatic hydroxyl groups excluding tert-OH is 2. The number of rotatable bonds is 9. The van der Waals surface area contributed by atoms with E-state index >= 15 is 0 Å². The normalized spacial score (nSPS) is 24.1. The summed E-state index contributed by atoms with van der Waals surface area (Å²) in [5.74, 6) is -2.15. The molecular formula is C25H31N3O8S. The van der Waals surface area contributed by atoms with Gasteiger partial charge < -0.3 is 41.5 Å². The molecule has 0 radical (unpaired) electrons. The van der Waals surface area contributed by atoms with Crippen molar-refractivity contribution >= 4 is 29.5 Å². The zero-order chi connectivity index (χ0) is 27.3. The van der Waals surface area contributed by atoms with Crippen LogP contribution in [0.5, 0.6) is 11.5 Å². The van der Waals surface area contributed by atoms with Gasteiger partial charge in [-0.3, -0.25) is 14.4 Å². The molecule has 2 aromatic rings. The fourth-order valence-corrected chi connectivity index (χ4v) is 4.67. The summed E-state index contributed by atoms with van der Waals surface area (Å²) in [6.45, 7) is 0. The van der Waals surface area contributed by atoms with Gasteiger partial charge in [0.05, 0.1) is 24.8 Å². The average Bonchev–Trinajstić information content (AvgIpc) is 2.87. The van der Waals surface area contributed by atoms with Gasteiger partial charge in [-0.2, -0.15) is 0 Å². The third-order valence-electron chi connectivity index (χ3n) is 6.33. The number of hydrogen-bond donors (Lipinski definition) is 7. The number of phenols is 1. The number of aromatic hydroxyl groups is 1. The zero-order valence-corrected chi connectivity index (χ0v) is 21.2. The zero-order valence-electron chi connectivity index (χ0n) is 20.4. The fraction of sp³-hybridized carbons (Fsp3) is 0.400. The van der Waals surface area contributed by atoms with Crippen LogP contribution in [0, 0.1) is 0 Å². The minimum absolute atomic E-state index is 0.00535. The topological polar surface area (TPSA) is 191 Å². The second kappa shape index (κ2) is 11.8. The van der Waals surface area contributed by atoms with Gasteiger partial charge in [0, 0.05) is 24.2 Å². The number of benzene rings is 2. The van der Waals surface area contributed by atoms with Crippen molar-refractivity contribution in [3.63, 3.8) is 0 Å². The average molecular weight is 534 g/mol. The van der Waals surface area contributed by atoms with E-state index in [1.807, 2.05) is 6.26 Å². The third-order valence-corrected chi connectivity index (χ3v) is 7.05. The monoisotopic (exact) mass is 533 g/mol. The molecule has 200 valence electrons. The summed E-state index contributed by atoms with van der Waals surface area (Å²) < 4.78 is 5.29. The number of carbonyl (C=O) groups excluding carboxylic acids is 3. The molecule has 11 nitrogen and oxygen atoms in total. The molecule has 0 bridgehead atoms. The van der Waals surface area contributed by atoms with E-state index in [9.17, 15) is 34.8 Å². The lowest BCUT2D eigenvalue weighted by atomic mass is 9.77. The molecule has 1 aliphatic rings. The van der Waals surface area contributed by atoms with Gasteiger partial charge in [0.25, 0.3) is 11.8 Å². The van der Waals surface area contributed by atoms with Gasteiger partial charge in [-0.1, -0.05) is 12.1 Å². The van der Waals surface area contributed by atoms with E-state index in [-0.39, 0.29) is 17.7 Å². The van der Waals surface area contributed by atoms with E-state index in [0.717, 1.165) is 4.90 Å². The molecule has 0 spiro atoms. The molecule has 3 amide bonds. The van der Waals surface area contributed by atoms with Crippen molar-refractivity contribution in [2.75, 3.05) is 13.4 Å². The molecule has 1 aliphatic carbocycles. The smallest absolute Gasteiger partial charge is 0.255 e. The molecule has 3 rings (SSSR count). The number of hydrogen-bond acceptors (Lipinski definition) is 9. The van der Waals surface area contributed by atoms with Crippen LogP contribution in [-0.2, 0) is 16.0 Å². The maximum Gasteiger partial charge on any atom is 0.255 e. The summed E-state index contributed by atoms with van der Waals surface area (Å²) in [6, 6.07) is 8.49. The van der Waals surface area contributed by atoms with E-state index in [4.69, 9.17) is 10.5 Å². The van der Waals surface area contributed by atoms with Crippen molar-refractivity contribution in [1.29, 1.82) is 0 Å². The first kappa shape index (κ1) is 28.3. The van der Waals surface area contributed by atoms with E-state index < -0.39 is 60.5 Å². The summed E-state index contributed by atoms with van der Waals surface area (Å²) in [7, 11) is 1.41. The summed E-state index contributed by atoms with van der Waals surface area (Å²) >= 11 is 1.46. The molecule has 5 unspecified atom stereocenters. The number of nitrogens with one attached hydrogen (secondary N) is 2. The molecule has 1 fully saturated rings. The van der Waals surface area contributed by atoms with E-state index in [1.165, 1.54) is 31.0 Å². The quantitative estimate of drug-likeness (QED) is 0.212. The number of nitrogens with two attached hydrogens (primary N) is 1. The van der Waals surface area contributed by atoms with Gasteiger partial charge >= 0.3 is 0 Å². The van der Waals surface area contributed by atoms with Gasteiger partial charge in [0.15, 0.2) is 0 Å². The van der Waals surface area contributed by atoms with Crippen molar-refractivity contribution in [2.24, 2.45) is 5.73 Å². The van der Waals surface area contributed by atoms with Gasteiger partial charge in [-0.25, -0.2) is 0 Å². The molecule has 0 heterocycles.